The molecule has 0 saturated carbocycles. The maximum absolute atomic E-state index is 12.8. The van der Waals surface area contributed by atoms with Gasteiger partial charge in [0.05, 0.1) is 17.0 Å². The number of nitrogens with zero attached hydrogens (tertiary/aromatic N) is 1. The Morgan fingerprint density at radius 1 is 1.19 bits per heavy atom. The molecule has 1 aromatic carbocycles. The molecule has 1 aliphatic heterocycles. The molecule has 1 atom stereocenters. The Bertz CT molecular complexity index is 1110. The van der Waals surface area contributed by atoms with Crippen LogP contribution in [0.3, 0.4) is 0 Å². The van der Waals surface area contributed by atoms with Crippen LogP contribution in [0.25, 0.3) is 10.4 Å². The highest BCUT2D eigenvalue weighted by Gasteiger charge is 2.27. The third kappa shape index (κ3) is 5.52. The fraction of sp³-hybridized carbons (Fsp3) is 0.316. The van der Waals surface area contributed by atoms with Gasteiger partial charge in [0.1, 0.15) is 11.1 Å². The molecule has 31 heavy (non-hydrogen) atoms. The summed E-state index contributed by atoms with van der Waals surface area (Å²) in [4.78, 5) is 37.8. The van der Waals surface area contributed by atoms with E-state index in [1.165, 1.54) is 17.0 Å². The number of hydrogen-bond acceptors (Lipinski definition) is 7. The number of hydrogen-bond donors (Lipinski definition) is 3. The third-order valence-electron chi connectivity index (χ3n) is 4.72. The van der Waals surface area contributed by atoms with E-state index in [2.05, 4.69) is 5.32 Å². The molecule has 1 fully saturated rings. The number of anilines is 1. The number of primary amides is 2. The van der Waals surface area contributed by atoms with Gasteiger partial charge in [-0.05, 0) is 36.6 Å². The number of nitrogens with two attached hydrogens (primary N) is 2. The second kappa shape index (κ2) is 8.94. The maximum atomic E-state index is 12.8. The number of amides is 4. The van der Waals surface area contributed by atoms with Crippen molar-refractivity contribution in [2.24, 2.45) is 11.5 Å². The Morgan fingerprint density at radius 3 is 2.45 bits per heavy atom. The first kappa shape index (κ1) is 22.6. The summed E-state index contributed by atoms with van der Waals surface area (Å²) in [5, 5.41) is 2.63. The van der Waals surface area contributed by atoms with E-state index >= 15 is 0 Å². The minimum Gasteiger partial charge on any atom is -0.457 e. The molecule has 1 saturated heterocycles. The number of likely N-dealkylation sites (tertiary alicyclic amines) is 1. The Morgan fingerprint density at radius 2 is 1.87 bits per heavy atom. The Labute approximate surface area is 183 Å². The lowest BCUT2D eigenvalue weighted by atomic mass is 10.1. The molecular weight excluding hydrogens is 444 g/mol. The van der Waals surface area contributed by atoms with Crippen LogP contribution in [0.4, 0.5) is 14.6 Å². The molecule has 0 bridgehead atoms. The lowest BCUT2D eigenvalue weighted by Crippen LogP contribution is -2.46. The molecule has 12 heteroatoms. The molecule has 0 spiro atoms. The molecule has 1 aromatic heterocycles. The number of carbonyl (C=O) groups is 3. The van der Waals surface area contributed by atoms with E-state index in [0.29, 0.717) is 29.8 Å². The van der Waals surface area contributed by atoms with Crippen molar-refractivity contribution in [3.8, 4) is 10.4 Å². The minimum atomic E-state index is -3.34. The van der Waals surface area contributed by atoms with Crippen molar-refractivity contribution < 1.29 is 27.5 Å². The van der Waals surface area contributed by atoms with Gasteiger partial charge in [0.2, 0.25) is 0 Å². The van der Waals surface area contributed by atoms with E-state index < -0.39 is 34.0 Å². The predicted octanol–water partition coefficient (Wildman–Crippen LogP) is 2.01. The highest BCUT2D eigenvalue weighted by atomic mass is 32.2. The van der Waals surface area contributed by atoms with Gasteiger partial charge in [-0.1, -0.05) is 12.1 Å². The third-order valence-corrected chi connectivity index (χ3v) is 6.95. The zero-order chi connectivity index (χ0) is 22.8. The quantitative estimate of drug-likeness (QED) is 0.571. The average Bonchev–Trinajstić information content (AvgIpc) is 3.11. The molecule has 2 heterocycles. The minimum absolute atomic E-state index is 0.113. The van der Waals surface area contributed by atoms with E-state index in [1.807, 2.05) is 0 Å². The molecule has 2 aromatic rings. The number of thiophene rings is 1. The van der Waals surface area contributed by atoms with Crippen LogP contribution < -0.4 is 16.8 Å². The van der Waals surface area contributed by atoms with Gasteiger partial charge in [0.15, 0.2) is 9.84 Å². The summed E-state index contributed by atoms with van der Waals surface area (Å²) >= 11 is 1.10. The number of esters is 1. The van der Waals surface area contributed by atoms with Crippen molar-refractivity contribution >= 4 is 44.2 Å². The number of benzene rings is 1. The number of urea groups is 2. The van der Waals surface area contributed by atoms with Gasteiger partial charge in [-0.25, -0.2) is 22.8 Å². The summed E-state index contributed by atoms with van der Waals surface area (Å²) < 4.78 is 28.8. The Kier molecular flexibility index (Phi) is 6.51. The van der Waals surface area contributed by atoms with Gasteiger partial charge in [0.25, 0.3) is 0 Å². The SMILES string of the molecule is CS(=O)(=O)c1ccc(-c2cc(C(=O)OC3CCCN(C(N)=O)C3)c(NC(N)=O)s2)cc1. The molecule has 10 nitrogen and oxygen atoms in total. The molecular formula is C19H22N4O6S2. The fourth-order valence-corrected chi connectivity index (χ4v) is 4.89. The van der Waals surface area contributed by atoms with E-state index in [9.17, 15) is 22.8 Å². The standard InChI is InChI=1S/C19H22N4O6S2/c1-31(27,28)13-6-4-11(5-7-13)15-9-14(16(30-15)22-18(20)25)17(24)29-12-3-2-8-23(10-12)19(21)26/h4-7,9,12H,2-3,8,10H2,1H3,(H2,21,26)(H3,20,22,25). The van der Waals surface area contributed by atoms with E-state index in [-0.39, 0.29) is 22.0 Å². The van der Waals surface area contributed by atoms with Gasteiger partial charge in [-0.2, -0.15) is 0 Å². The van der Waals surface area contributed by atoms with Crippen molar-refractivity contribution in [1.29, 1.82) is 0 Å². The number of sulfone groups is 1. The summed E-state index contributed by atoms with van der Waals surface area (Å²) in [6.07, 6.45) is 1.82. The van der Waals surface area contributed by atoms with E-state index in [4.69, 9.17) is 16.2 Å². The van der Waals surface area contributed by atoms with Crippen molar-refractivity contribution in [3.05, 3.63) is 35.9 Å². The second-order valence-corrected chi connectivity index (χ2v) is 10.2. The molecule has 3 rings (SSSR count). The smallest absolute Gasteiger partial charge is 0.341 e. The highest BCUT2D eigenvalue weighted by Crippen LogP contribution is 2.36. The van der Waals surface area contributed by atoms with Crippen LogP contribution in [0.1, 0.15) is 23.2 Å². The average molecular weight is 467 g/mol. The monoisotopic (exact) mass is 466 g/mol. The zero-order valence-corrected chi connectivity index (χ0v) is 18.3. The molecule has 5 N–H and O–H groups in total. The normalized spacial score (nSPS) is 16.5. The molecule has 0 aliphatic carbocycles. The van der Waals surface area contributed by atoms with Crippen LogP contribution in [-0.4, -0.2) is 56.8 Å². The first-order chi connectivity index (χ1) is 14.5. The molecule has 4 amide bonds. The van der Waals surface area contributed by atoms with Crippen molar-refractivity contribution in [1.82, 2.24) is 4.90 Å². The summed E-state index contributed by atoms with van der Waals surface area (Å²) in [6.45, 7) is 0.702. The van der Waals surface area contributed by atoms with Crippen LogP contribution in [0.15, 0.2) is 35.2 Å². The van der Waals surface area contributed by atoms with Gasteiger partial charge < -0.3 is 21.1 Å². The van der Waals surface area contributed by atoms with E-state index in [0.717, 1.165) is 17.6 Å². The lowest BCUT2D eigenvalue weighted by molar-refractivity contribution is 0.0129. The first-order valence-electron chi connectivity index (χ1n) is 9.30. The number of nitrogens with one attached hydrogen (secondary N) is 1. The summed E-state index contributed by atoms with van der Waals surface area (Å²) in [7, 11) is -3.34. The zero-order valence-electron chi connectivity index (χ0n) is 16.7. The van der Waals surface area contributed by atoms with Crippen LogP contribution in [0, 0.1) is 0 Å². The van der Waals surface area contributed by atoms with Gasteiger partial charge >= 0.3 is 18.0 Å². The van der Waals surface area contributed by atoms with E-state index in [1.54, 1.807) is 18.2 Å². The number of rotatable bonds is 5. The highest BCUT2D eigenvalue weighted by molar-refractivity contribution is 7.90. The number of piperidine rings is 1. The summed E-state index contributed by atoms with van der Waals surface area (Å²) in [5.41, 5.74) is 11.3. The van der Waals surface area contributed by atoms with Gasteiger partial charge in [0, 0.05) is 17.7 Å². The van der Waals surface area contributed by atoms with Crippen LogP contribution in [0.2, 0.25) is 0 Å². The molecule has 0 radical (unpaired) electrons. The van der Waals surface area contributed by atoms with Crippen LogP contribution in [0.5, 0.6) is 0 Å². The van der Waals surface area contributed by atoms with Crippen molar-refractivity contribution in [3.63, 3.8) is 0 Å². The molecule has 166 valence electrons. The summed E-state index contributed by atoms with van der Waals surface area (Å²) in [6, 6.07) is 6.27. The maximum Gasteiger partial charge on any atom is 0.341 e. The van der Waals surface area contributed by atoms with Crippen LogP contribution in [-0.2, 0) is 14.6 Å². The van der Waals surface area contributed by atoms with Gasteiger partial charge in [-0.3, -0.25) is 5.32 Å². The van der Waals surface area contributed by atoms with Gasteiger partial charge in [-0.15, -0.1) is 11.3 Å². The lowest BCUT2D eigenvalue weighted by Gasteiger charge is -2.31. The number of ether oxygens (including phenoxy) is 1. The fourth-order valence-electron chi connectivity index (χ4n) is 3.21. The molecule has 1 unspecified atom stereocenters. The number of carbonyl (C=O) groups excluding carboxylic acids is 3. The van der Waals surface area contributed by atoms with Crippen molar-refractivity contribution in [2.45, 2.75) is 23.8 Å². The largest absolute Gasteiger partial charge is 0.457 e. The summed E-state index contributed by atoms with van der Waals surface area (Å²) in [5.74, 6) is -0.671. The second-order valence-electron chi connectivity index (χ2n) is 7.09. The topological polar surface area (TPSA) is 162 Å². The first-order valence-corrected chi connectivity index (χ1v) is 12.0. The molecule has 1 aliphatic rings. The Balaban J connectivity index is 1.85. The Hall–Kier alpha value is -3.12. The predicted molar refractivity (Wildman–Crippen MR) is 116 cm³/mol. The van der Waals surface area contributed by atoms with Crippen LogP contribution >= 0.6 is 11.3 Å². The van der Waals surface area contributed by atoms with Crippen molar-refractivity contribution in [2.75, 3.05) is 24.7 Å².